The van der Waals surface area contributed by atoms with Crippen LogP contribution in [0.4, 0.5) is 0 Å². The first kappa shape index (κ1) is 26.7. The van der Waals surface area contributed by atoms with E-state index in [0.717, 1.165) is 66.8 Å². The van der Waals surface area contributed by atoms with Crippen LogP contribution in [-0.4, -0.2) is 19.5 Å². The Morgan fingerprint density at radius 3 is 1.98 bits per heavy atom. The molecule has 0 bridgehead atoms. The summed E-state index contributed by atoms with van der Waals surface area (Å²) in [7, 11) is 0. The Hall–Kier alpha value is -6.52. The minimum absolute atomic E-state index is 0.877. The highest BCUT2D eigenvalue weighted by atomic mass is 15.0. The molecule has 4 nitrogen and oxygen atoms in total. The van der Waals surface area contributed by atoms with E-state index in [9.17, 15) is 0 Å². The van der Waals surface area contributed by atoms with Gasteiger partial charge in [-0.2, -0.15) is 0 Å². The van der Waals surface area contributed by atoms with E-state index in [4.69, 9.17) is 9.97 Å². The van der Waals surface area contributed by atoms with Crippen molar-refractivity contribution in [3.63, 3.8) is 0 Å². The summed E-state index contributed by atoms with van der Waals surface area (Å²) in [4.78, 5) is 13.6. The van der Waals surface area contributed by atoms with Crippen molar-refractivity contribution in [3.05, 3.63) is 164 Å². The predicted molar refractivity (Wildman–Crippen MR) is 200 cm³/mol. The lowest BCUT2D eigenvalue weighted by Gasteiger charge is -2.15. The molecule has 0 amide bonds. The summed E-state index contributed by atoms with van der Waals surface area (Å²) < 4.78 is 2.42. The zero-order chi connectivity index (χ0) is 31.6. The molecular weight excluding hydrogens is 585 g/mol. The Bertz CT molecular complexity index is 2790. The van der Waals surface area contributed by atoms with Gasteiger partial charge in [-0.3, -0.25) is 0 Å². The molecule has 10 aromatic rings. The van der Waals surface area contributed by atoms with Gasteiger partial charge in [-0.25, -0.2) is 9.97 Å². The molecule has 0 aliphatic carbocycles. The van der Waals surface area contributed by atoms with Crippen LogP contribution in [0.25, 0.3) is 94.0 Å². The van der Waals surface area contributed by atoms with Gasteiger partial charge in [0.25, 0.3) is 0 Å². The molecule has 7 aromatic carbocycles. The van der Waals surface area contributed by atoms with Crippen LogP contribution in [-0.2, 0) is 0 Å². The quantitative estimate of drug-likeness (QED) is 0.201. The van der Waals surface area contributed by atoms with Gasteiger partial charge in [0.05, 0.1) is 33.3 Å². The van der Waals surface area contributed by atoms with Crippen molar-refractivity contribution in [1.82, 2.24) is 19.5 Å². The molecule has 0 atom stereocenters. The van der Waals surface area contributed by atoms with Crippen LogP contribution in [0.3, 0.4) is 0 Å². The molecule has 0 aliphatic heterocycles. The summed E-state index contributed by atoms with van der Waals surface area (Å²) in [6, 6.07) is 58.0. The first-order chi connectivity index (χ1) is 23.8. The standard InChI is InChI=1S/C44H28N4/c1-2-13-32(14-3-1)48-40-20-9-5-15-33(40)34-25-26-36-41(43(34)48)35-16-4-6-17-37(35)45-42(36)31-12-10-11-30(27-31)28-21-23-29(24-22-28)44-46-38-18-7-8-19-39(38)47-44/h1-27H,(H,46,47). The number of nitrogens with one attached hydrogen (secondary N) is 1. The fourth-order valence-corrected chi connectivity index (χ4v) is 7.31. The molecule has 4 heteroatoms. The molecule has 48 heavy (non-hydrogen) atoms. The lowest BCUT2D eigenvalue weighted by Crippen LogP contribution is -1.96. The van der Waals surface area contributed by atoms with Gasteiger partial charge in [-0.15, -0.1) is 0 Å². The van der Waals surface area contributed by atoms with Gasteiger partial charge in [-0.05, 0) is 53.6 Å². The average Bonchev–Trinajstić information content (AvgIpc) is 3.75. The lowest BCUT2D eigenvalue weighted by atomic mass is 9.95. The van der Waals surface area contributed by atoms with Crippen LogP contribution in [0.2, 0.25) is 0 Å². The van der Waals surface area contributed by atoms with Crippen LogP contribution in [0, 0.1) is 0 Å². The normalized spacial score (nSPS) is 11.8. The summed E-state index contributed by atoms with van der Waals surface area (Å²) >= 11 is 0. The molecule has 0 saturated carbocycles. The number of pyridine rings is 1. The molecule has 0 radical (unpaired) electrons. The van der Waals surface area contributed by atoms with Crippen LogP contribution >= 0.6 is 0 Å². The van der Waals surface area contributed by atoms with E-state index >= 15 is 0 Å². The SMILES string of the molecule is c1ccc(-n2c3ccccc3c3ccc4c(-c5cccc(-c6ccc(-c7nc8ccccc8[nH]7)cc6)c5)nc5ccccc5c4c32)cc1. The molecule has 3 heterocycles. The van der Waals surface area contributed by atoms with E-state index in [2.05, 4.69) is 155 Å². The summed E-state index contributed by atoms with van der Waals surface area (Å²) in [6.07, 6.45) is 0. The smallest absolute Gasteiger partial charge is 0.138 e. The van der Waals surface area contributed by atoms with Gasteiger partial charge in [0, 0.05) is 43.7 Å². The number of fused-ring (bicyclic) bond motifs is 8. The van der Waals surface area contributed by atoms with Gasteiger partial charge < -0.3 is 9.55 Å². The van der Waals surface area contributed by atoms with Crippen molar-refractivity contribution in [2.75, 3.05) is 0 Å². The highest BCUT2D eigenvalue weighted by Crippen LogP contribution is 2.42. The van der Waals surface area contributed by atoms with E-state index in [-0.39, 0.29) is 0 Å². The van der Waals surface area contributed by atoms with Gasteiger partial charge in [0.15, 0.2) is 0 Å². The van der Waals surface area contributed by atoms with E-state index in [0.29, 0.717) is 0 Å². The number of rotatable bonds is 4. The summed E-state index contributed by atoms with van der Waals surface area (Å²) in [5.41, 5.74) is 12.0. The topological polar surface area (TPSA) is 46.5 Å². The fourth-order valence-electron chi connectivity index (χ4n) is 7.31. The number of nitrogens with zero attached hydrogens (tertiary/aromatic N) is 3. The Labute approximate surface area is 276 Å². The molecule has 3 aromatic heterocycles. The molecule has 0 unspecified atom stereocenters. The van der Waals surface area contributed by atoms with Crippen molar-refractivity contribution in [2.45, 2.75) is 0 Å². The third-order valence-electron chi connectivity index (χ3n) is 9.53. The van der Waals surface area contributed by atoms with Gasteiger partial charge in [-0.1, -0.05) is 121 Å². The Balaban J connectivity index is 1.18. The fraction of sp³-hybridized carbons (Fsp3) is 0. The van der Waals surface area contributed by atoms with Crippen LogP contribution < -0.4 is 0 Å². The van der Waals surface area contributed by atoms with Crippen molar-refractivity contribution in [2.24, 2.45) is 0 Å². The maximum Gasteiger partial charge on any atom is 0.138 e. The lowest BCUT2D eigenvalue weighted by molar-refractivity contribution is 1.19. The summed E-state index contributed by atoms with van der Waals surface area (Å²) in [5, 5.41) is 5.99. The second-order valence-corrected chi connectivity index (χ2v) is 12.3. The predicted octanol–water partition coefficient (Wildman–Crippen LogP) is 11.4. The first-order valence-corrected chi connectivity index (χ1v) is 16.3. The van der Waals surface area contributed by atoms with E-state index in [1.165, 1.54) is 27.2 Å². The number of aromatic amines is 1. The molecule has 0 spiro atoms. The number of benzene rings is 7. The third-order valence-corrected chi connectivity index (χ3v) is 9.53. The van der Waals surface area contributed by atoms with Gasteiger partial charge in [0.1, 0.15) is 5.82 Å². The Morgan fingerprint density at radius 1 is 0.438 bits per heavy atom. The minimum atomic E-state index is 0.877. The molecular formula is C44H28N4. The van der Waals surface area contributed by atoms with E-state index in [1.807, 2.05) is 18.2 Å². The number of para-hydroxylation sites is 5. The molecule has 0 fully saturated rings. The maximum absolute atomic E-state index is 5.32. The van der Waals surface area contributed by atoms with Gasteiger partial charge >= 0.3 is 0 Å². The minimum Gasteiger partial charge on any atom is -0.338 e. The first-order valence-electron chi connectivity index (χ1n) is 16.3. The van der Waals surface area contributed by atoms with Crippen molar-refractivity contribution in [1.29, 1.82) is 0 Å². The molecule has 0 aliphatic rings. The zero-order valence-electron chi connectivity index (χ0n) is 25.9. The van der Waals surface area contributed by atoms with Crippen LogP contribution in [0.5, 0.6) is 0 Å². The molecule has 1 N–H and O–H groups in total. The number of hydrogen-bond donors (Lipinski definition) is 1. The average molecular weight is 613 g/mol. The second kappa shape index (κ2) is 10.5. The number of hydrogen-bond acceptors (Lipinski definition) is 2. The molecule has 10 rings (SSSR count). The second-order valence-electron chi connectivity index (χ2n) is 12.3. The Kier molecular flexibility index (Phi) is 5.84. The highest BCUT2D eigenvalue weighted by molar-refractivity contribution is 6.26. The zero-order valence-corrected chi connectivity index (χ0v) is 25.9. The summed E-state index contributed by atoms with van der Waals surface area (Å²) in [5.74, 6) is 0.877. The molecule has 224 valence electrons. The van der Waals surface area contributed by atoms with Crippen molar-refractivity contribution < 1.29 is 0 Å². The van der Waals surface area contributed by atoms with Crippen molar-refractivity contribution in [3.8, 4) is 39.5 Å². The van der Waals surface area contributed by atoms with Gasteiger partial charge in [0.2, 0.25) is 0 Å². The molecule has 0 saturated heterocycles. The highest BCUT2D eigenvalue weighted by Gasteiger charge is 2.19. The summed E-state index contributed by atoms with van der Waals surface area (Å²) in [6.45, 7) is 0. The number of aromatic nitrogens is 4. The monoisotopic (exact) mass is 612 g/mol. The van der Waals surface area contributed by atoms with Crippen LogP contribution in [0.15, 0.2) is 164 Å². The number of H-pyrrole nitrogens is 1. The van der Waals surface area contributed by atoms with E-state index in [1.54, 1.807) is 0 Å². The van der Waals surface area contributed by atoms with Crippen molar-refractivity contribution >= 4 is 54.5 Å². The van der Waals surface area contributed by atoms with Crippen LogP contribution in [0.1, 0.15) is 0 Å². The third kappa shape index (κ3) is 4.10. The van der Waals surface area contributed by atoms with E-state index < -0.39 is 0 Å². The maximum atomic E-state index is 5.32. The Morgan fingerprint density at radius 2 is 1.12 bits per heavy atom. The largest absolute Gasteiger partial charge is 0.338 e. The number of imidazole rings is 1.